The molecule has 0 unspecified atom stereocenters. The van der Waals surface area contributed by atoms with E-state index in [-0.39, 0.29) is 6.54 Å². The quantitative estimate of drug-likeness (QED) is 0.245. The minimum Gasteiger partial charge on any atom is -0.481 e. The standard InChI is InChI=1S/C9H23NO7P2.C2H4O2/c1-3-4-5-7-10(2)8-6-9(11,18(12,13)14)19(15,16)17;1-2(3)4/h11H,3-8H2,1-2H3,(H2,12,13,14)(H2,15,16,17);1H3,(H,3,4). The van der Waals surface area contributed by atoms with Crippen LogP contribution in [0.2, 0.25) is 0 Å². The maximum atomic E-state index is 11.1. The third-order valence-corrected chi connectivity index (χ3v) is 6.78. The zero-order chi connectivity index (χ0) is 18.9. The van der Waals surface area contributed by atoms with Crippen molar-refractivity contribution in [1.82, 2.24) is 4.90 Å². The van der Waals surface area contributed by atoms with Gasteiger partial charge in [0.05, 0.1) is 0 Å². The van der Waals surface area contributed by atoms with Crippen LogP contribution in [0.25, 0.3) is 0 Å². The van der Waals surface area contributed by atoms with Crippen LogP contribution in [0.1, 0.15) is 39.5 Å². The van der Waals surface area contributed by atoms with Gasteiger partial charge in [-0.3, -0.25) is 13.9 Å². The van der Waals surface area contributed by atoms with Gasteiger partial charge in [0.1, 0.15) is 0 Å². The number of carbonyl (C=O) groups is 1. The second-order valence-electron chi connectivity index (χ2n) is 5.14. The lowest BCUT2D eigenvalue weighted by atomic mass is 10.2. The first-order valence-corrected chi connectivity index (χ1v) is 10.1. The van der Waals surface area contributed by atoms with Gasteiger partial charge in [-0.15, -0.1) is 0 Å². The summed E-state index contributed by atoms with van der Waals surface area (Å²) in [6, 6.07) is 0. The van der Waals surface area contributed by atoms with Gasteiger partial charge in [-0.1, -0.05) is 19.8 Å². The van der Waals surface area contributed by atoms with Crippen molar-refractivity contribution in [2.45, 2.75) is 44.6 Å². The van der Waals surface area contributed by atoms with Crippen LogP contribution >= 0.6 is 15.2 Å². The molecule has 0 rings (SSSR count). The molecule has 6 N–H and O–H groups in total. The monoisotopic (exact) mass is 379 g/mol. The van der Waals surface area contributed by atoms with E-state index in [1.165, 1.54) is 0 Å². The molecule has 0 radical (unpaired) electrons. The molecule has 0 heterocycles. The molecule has 0 aliphatic rings. The van der Waals surface area contributed by atoms with Crippen molar-refractivity contribution in [2.75, 3.05) is 20.1 Å². The van der Waals surface area contributed by atoms with E-state index in [9.17, 15) is 14.2 Å². The maximum Gasteiger partial charge on any atom is 0.369 e. The Bertz CT molecular complexity index is 419. The van der Waals surface area contributed by atoms with Crippen molar-refractivity contribution < 1.29 is 43.7 Å². The second kappa shape index (κ2) is 10.5. The average molecular weight is 379 g/mol. The highest BCUT2D eigenvalue weighted by Gasteiger charge is 2.58. The zero-order valence-electron chi connectivity index (χ0n) is 13.5. The fourth-order valence-corrected chi connectivity index (χ4v) is 3.69. The molecule has 0 atom stereocenters. The fourth-order valence-electron chi connectivity index (χ4n) is 1.55. The molecule has 0 spiro atoms. The molecule has 0 aromatic carbocycles. The Balaban J connectivity index is 0. The summed E-state index contributed by atoms with van der Waals surface area (Å²) >= 11 is 0. The number of aliphatic hydroxyl groups is 1. The molecule has 0 amide bonds. The van der Waals surface area contributed by atoms with E-state index in [0.717, 1.165) is 26.2 Å². The fraction of sp³-hybridized carbons (Fsp3) is 0.909. The van der Waals surface area contributed by atoms with Crippen LogP contribution in [-0.4, -0.2) is 65.9 Å². The predicted octanol–water partition coefficient (Wildman–Crippen LogP) is 0.591. The lowest BCUT2D eigenvalue weighted by Gasteiger charge is -2.30. The Labute approximate surface area is 135 Å². The van der Waals surface area contributed by atoms with Crippen LogP contribution in [-0.2, 0) is 13.9 Å². The van der Waals surface area contributed by atoms with Gasteiger partial charge in [0, 0.05) is 19.9 Å². The molecule has 12 heteroatoms. The Hall–Kier alpha value is -0.310. The molecule has 0 aliphatic heterocycles. The van der Waals surface area contributed by atoms with E-state index in [0.29, 0.717) is 6.54 Å². The Morgan fingerprint density at radius 3 is 1.74 bits per heavy atom. The number of carboxylic acids is 1. The summed E-state index contributed by atoms with van der Waals surface area (Å²) in [5.41, 5.74) is 0. The zero-order valence-corrected chi connectivity index (χ0v) is 15.3. The highest BCUT2D eigenvalue weighted by Crippen LogP contribution is 2.68. The number of nitrogens with zero attached hydrogens (tertiary/aromatic N) is 1. The van der Waals surface area contributed by atoms with Gasteiger partial charge in [-0.05, 0) is 20.0 Å². The van der Waals surface area contributed by atoms with Crippen molar-refractivity contribution in [3.8, 4) is 0 Å². The van der Waals surface area contributed by atoms with E-state index < -0.39 is 32.7 Å². The van der Waals surface area contributed by atoms with Crippen molar-refractivity contribution in [3.05, 3.63) is 0 Å². The van der Waals surface area contributed by atoms with E-state index in [1.807, 2.05) is 6.92 Å². The highest BCUT2D eigenvalue weighted by atomic mass is 31.2. The topological polar surface area (TPSA) is 176 Å². The number of aliphatic carboxylic acids is 1. The Morgan fingerprint density at radius 1 is 1.04 bits per heavy atom. The summed E-state index contributed by atoms with van der Waals surface area (Å²) in [5.74, 6) is -0.833. The third-order valence-electron chi connectivity index (χ3n) is 2.91. The molecule has 0 aromatic heterocycles. The van der Waals surface area contributed by atoms with Crippen LogP contribution in [0.4, 0.5) is 0 Å². The number of carboxylic acid groups (broad SMARTS) is 1. The Kier molecular flexibility index (Phi) is 11.4. The Morgan fingerprint density at radius 2 is 1.43 bits per heavy atom. The molecule has 0 saturated carbocycles. The van der Waals surface area contributed by atoms with Crippen molar-refractivity contribution in [2.24, 2.45) is 0 Å². The van der Waals surface area contributed by atoms with Gasteiger partial charge in [-0.25, -0.2) is 0 Å². The smallest absolute Gasteiger partial charge is 0.369 e. The molecular formula is C11H27NO9P2. The predicted molar refractivity (Wildman–Crippen MR) is 84.0 cm³/mol. The molecule has 10 nitrogen and oxygen atoms in total. The molecule has 0 aliphatic carbocycles. The summed E-state index contributed by atoms with van der Waals surface area (Å²) in [5, 5.41) is 13.8. The average Bonchev–Trinajstić information content (AvgIpc) is 2.32. The van der Waals surface area contributed by atoms with E-state index in [2.05, 4.69) is 0 Å². The van der Waals surface area contributed by atoms with Crippen molar-refractivity contribution in [3.63, 3.8) is 0 Å². The second-order valence-corrected chi connectivity index (χ2v) is 9.15. The van der Waals surface area contributed by atoms with Gasteiger partial charge < -0.3 is 34.7 Å². The van der Waals surface area contributed by atoms with E-state index in [4.69, 9.17) is 29.5 Å². The third kappa shape index (κ3) is 10.2. The molecule has 140 valence electrons. The molecule has 0 bridgehead atoms. The van der Waals surface area contributed by atoms with Gasteiger partial charge in [0.2, 0.25) is 0 Å². The first kappa shape index (κ1) is 24.9. The summed E-state index contributed by atoms with van der Waals surface area (Å²) < 4.78 is 22.2. The lowest BCUT2D eigenvalue weighted by Crippen LogP contribution is -2.34. The number of hydrogen-bond acceptors (Lipinski definition) is 5. The van der Waals surface area contributed by atoms with Crippen LogP contribution in [0, 0.1) is 0 Å². The highest BCUT2D eigenvalue weighted by molar-refractivity contribution is 7.72. The molecule has 0 aromatic rings. The number of rotatable bonds is 9. The molecule has 0 saturated heterocycles. The van der Waals surface area contributed by atoms with Crippen LogP contribution in [0.5, 0.6) is 0 Å². The van der Waals surface area contributed by atoms with Gasteiger partial charge >= 0.3 is 15.2 Å². The number of hydrogen-bond donors (Lipinski definition) is 6. The lowest BCUT2D eigenvalue weighted by molar-refractivity contribution is -0.134. The minimum absolute atomic E-state index is 0.0174. The van der Waals surface area contributed by atoms with E-state index in [1.54, 1.807) is 11.9 Å². The van der Waals surface area contributed by atoms with Crippen LogP contribution in [0.3, 0.4) is 0 Å². The van der Waals surface area contributed by atoms with E-state index >= 15 is 0 Å². The minimum atomic E-state index is -5.33. The summed E-state index contributed by atoms with van der Waals surface area (Å²) in [6.07, 6.45) is 2.19. The first-order chi connectivity index (χ1) is 10.2. The number of unbranched alkanes of at least 4 members (excludes halogenated alkanes) is 2. The first-order valence-electron chi connectivity index (χ1n) is 6.90. The van der Waals surface area contributed by atoms with Crippen LogP contribution in [0.15, 0.2) is 0 Å². The van der Waals surface area contributed by atoms with Gasteiger partial charge in [-0.2, -0.15) is 0 Å². The van der Waals surface area contributed by atoms with Crippen LogP contribution < -0.4 is 0 Å². The van der Waals surface area contributed by atoms with Crippen molar-refractivity contribution in [1.29, 1.82) is 0 Å². The van der Waals surface area contributed by atoms with Crippen molar-refractivity contribution >= 4 is 21.2 Å². The normalized spacial score (nSPS) is 12.7. The largest absolute Gasteiger partial charge is 0.481 e. The molecule has 0 fully saturated rings. The summed E-state index contributed by atoms with van der Waals surface area (Å²) in [6.45, 7) is 3.73. The van der Waals surface area contributed by atoms with Gasteiger partial charge in [0.15, 0.2) is 0 Å². The van der Waals surface area contributed by atoms with Gasteiger partial charge in [0.25, 0.3) is 11.1 Å². The molecule has 23 heavy (non-hydrogen) atoms. The summed E-state index contributed by atoms with van der Waals surface area (Å²) in [7, 11) is -9.00. The summed E-state index contributed by atoms with van der Waals surface area (Å²) in [4.78, 5) is 46.5. The maximum absolute atomic E-state index is 11.1. The molecular weight excluding hydrogens is 352 g/mol. The SMILES string of the molecule is CC(=O)O.CCCCCN(C)CCC(O)(P(=O)(O)O)P(=O)(O)O.